The van der Waals surface area contributed by atoms with Crippen molar-refractivity contribution < 1.29 is 9.53 Å². The molecular weight excluding hydrogens is 250 g/mol. The van der Waals surface area contributed by atoms with Gasteiger partial charge in [-0.2, -0.15) is 5.26 Å². The van der Waals surface area contributed by atoms with Crippen LogP contribution >= 0.6 is 0 Å². The number of hydrogen-bond donors (Lipinski definition) is 0. The Morgan fingerprint density at radius 2 is 1.70 bits per heavy atom. The van der Waals surface area contributed by atoms with Gasteiger partial charge >= 0.3 is 0 Å². The molecule has 2 rings (SSSR count). The summed E-state index contributed by atoms with van der Waals surface area (Å²) in [5.74, 6) is 1.44. The molecule has 0 bridgehead atoms. The Morgan fingerprint density at radius 3 is 2.20 bits per heavy atom. The van der Waals surface area contributed by atoms with Crippen LogP contribution in [0, 0.1) is 32.1 Å². The SMILES string of the molecule is Cc1cc(Oc2c(C)cc(C#N)cc2C)ccc1C=O. The first-order chi connectivity index (χ1) is 9.55. The summed E-state index contributed by atoms with van der Waals surface area (Å²) in [5, 5.41) is 8.94. The van der Waals surface area contributed by atoms with E-state index in [1.807, 2.05) is 26.8 Å². The highest BCUT2D eigenvalue weighted by atomic mass is 16.5. The van der Waals surface area contributed by atoms with E-state index in [1.165, 1.54) is 0 Å². The maximum Gasteiger partial charge on any atom is 0.150 e. The lowest BCUT2D eigenvalue weighted by atomic mass is 10.1. The Morgan fingerprint density at radius 1 is 1.05 bits per heavy atom. The number of aldehydes is 1. The van der Waals surface area contributed by atoms with Crippen molar-refractivity contribution in [1.29, 1.82) is 5.26 Å². The molecule has 2 aromatic rings. The molecule has 100 valence electrons. The molecule has 0 radical (unpaired) electrons. The third-order valence-corrected chi connectivity index (χ3v) is 3.18. The van der Waals surface area contributed by atoms with E-state index in [0.29, 0.717) is 16.9 Å². The monoisotopic (exact) mass is 265 g/mol. The lowest BCUT2D eigenvalue weighted by Gasteiger charge is -2.13. The lowest BCUT2D eigenvalue weighted by Crippen LogP contribution is -1.94. The Labute approximate surface area is 118 Å². The number of hydrogen-bond acceptors (Lipinski definition) is 3. The van der Waals surface area contributed by atoms with Gasteiger partial charge in [0.15, 0.2) is 0 Å². The van der Waals surface area contributed by atoms with Crippen molar-refractivity contribution in [3.8, 4) is 17.6 Å². The topological polar surface area (TPSA) is 50.1 Å². The highest BCUT2D eigenvalue weighted by molar-refractivity contribution is 5.77. The summed E-state index contributed by atoms with van der Waals surface area (Å²) in [6.07, 6.45) is 0.831. The van der Waals surface area contributed by atoms with E-state index in [4.69, 9.17) is 10.00 Å². The van der Waals surface area contributed by atoms with Crippen LogP contribution in [0.2, 0.25) is 0 Å². The molecule has 2 aromatic carbocycles. The summed E-state index contributed by atoms with van der Waals surface area (Å²) in [5.41, 5.74) is 3.99. The molecule has 0 aliphatic rings. The Hall–Kier alpha value is -2.60. The van der Waals surface area contributed by atoms with Gasteiger partial charge in [-0.1, -0.05) is 0 Å². The molecule has 0 aromatic heterocycles. The van der Waals surface area contributed by atoms with E-state index in [2.05, 4.69) is 6.07 Å². The second-order valence-corrected chi connectivity index (χ2v) is 4.79. The normalized spacial score (nSPS) is 9.90. The quantitative estimate of drug-likeness (QED) is 0.785. The number of carbonyl (C=O) groups excluding carboxylic acids is 1. The molecule has 0 saturated carbocycles. The Balaban J connectivity index is 2.38. The summed E-state index contributed by atoms with van der Waals surface area (Å²) >= 11 is 0. The summed E-state index contributed by atoms with van der Waals surface area (Å²) in [7, 11) is 0. The van der Waals surface area contributed by atoms with Crippen molar-refractivity contribution in [2.24, 2.45) is 0 Å². The van der Waals surface area contributed by atoms with Gasteiger partial charge in [-0.3, -0.25) is 4.79 Å². The third kappa shape index (κ3) is 2.70. The third-order valence-electron chi connectivity index (χ3n) is 3.18. The number of benzene rings is 2. The predicted molar refractivity (Wildman–Crippen MR) is 77.3 cm³/mol. The van der Waals surface area contributed by atoms with Crippen LogP contribution in [-0.2, 0) is 0 Å². The molecule has 0 atom stereocenters. The number of carbonyl (C=O) groups is 1. The average Bonchev–Trinajstić information content (AvgIpc) is 2.42. The molecule has 0 spiro atoms. The molecule has 0 saturated heterocycles. The van der Waals surface area contributed by atoms with Crippen molar-refractivity contribution in [2.75, 3.05) is 0 Å². The van der Waals surface area contributed by atoms with Crippen LogP contribution in [0.15, 0.2) is 30.3 Å². The van der Waals surface area contributed by atoms with Gasteiger partial charge in [-0.25, -0.2) is 0 Å². The van der Waals surface area contributed by atoms with Crippen molar-refractivity contribution >= 4 is 6.29 Å². The lowest BCUT2D eigenvalue weighted by molar-refractivity contribution is 0.112. The highest BCUT2D eigenvalue weighted by Crippen LogP contribution is 2.30. The average molecular weight is 265 g/mol. The summed E-state index contributed by atoms with van der Waals surface area (Å²) in [6, 6.07) is 11.1. The molecule has 0 aliphatic heterocycles. The zero-order valence-electron chi connectivity index (χ0n) is 11.7. The molecule has 0 amide bonds. The molecule has 20 heavy (non-hydrogen) atoms. The summed E-state index contributed by atoms with van der Waals surface area (Å²) < 4.78 is 5.89. The van der Waals surface area contributed by atoms with Crippen molar-refractivity contribution in [3.05, 3.63) is 58.1 Å². The minimum Gasteiger partial charge on any atom is -0.457 e. The van der Waals surface area contributed by atoms with Crippen molar-refractivity contribution in [2.45, 2.75) is 20.8 Å². The molecule has 0 N–H and O–H groups in total. The van der Waals surface area contributed by atoms with Gasteiger partial charge in [0.1, 0.15) is 17.8 Å². The zero-order valence-corrected chi connectivity index (χ0v) is 11.7. The smallest absolute Gasteiger partial charge is 0.150 e. The van der Waals surface area contributed by atoms with E-state index < -0.39 is 0 Å². The largest absolute Gasteiger partial charge is 0.457 e. The molecule has 0 heterocycles. The molecular formula is C17H15NO2. The van der Waals surface area contributed by atoms with Crippen LogP contribution in [0.1, 0.15) is 32.6 Å². The molecule has 3 nitrogen and oxygen atoms in total. The first-order valence-electron chi connectivity index (χ1n) is 6.30. The van der Waals surface area contributed by atoms with Crippen molar-refractivity contribution in [3.63, 3.8) is 0 Å². The number of aryl methyl sites for hydroxylation is 3. The van der Waals surface area contributed by atoms with Crippen LogP contribution in [0.3, 0.4) is 0 Å². The fourth-order valence-corrected chi connectivity index (χ4v) is 2.14. The second-order valence-electron chi connectivity index (χ2n) is 4.79. The van der Waals surface area contributed by atoms with Gasteiger partial charge in [-0.05, 0) is 67.8 Å². The van der Waals surface area contributed by atoms with Gasteiger partial charge < -0.3 is 4.74 Å². The van der Waals surface area contributed by atoms with Crippen LogP contribution < -0.4 is 4.74 Å². The zero-order chi connectivity index (χ0) is 14.7. The van der Waals surface area contributed by atoms with E-state index in [0.717, 1.165) is 28.7 Å². The van der Waals surface area contributed by atoms with E-state index in [1.54, 1.807) is 24.3 Å². The first-order valence-corrected chi connectivity index (χ1v) is 6.30. The minimum atomic E-state index is 0.625. The molecule has 0 unspecified atom stereocenters. The first kappa shape index (κ1) is 13.8. The van der Waals surface area contributed by atoms with Gasteiger partial charge in [0.05, 0.1) is 11.6 Å². The van der Waals surface area contributed by atoms with Crippen LogP contribution in [0.25, 0.3) is 0 Å². The minimum absolute atomic E-state index is 0.625. The van der Waals surface area contributed by atoms with Gasteiger partial charge in [0.25, 0.3) is 0 Å². The molecule has 0 fully saturated rings. The van der Waals surface area contributed by atoms with E-state index >= 15 is 0 Å². The highest BCUT2D eigenvalue weighted by Gasteiger charge is 2.08. The van der Waals surface area contributed by atoms with Crippen molar-refractivity contribution in [1.82, 2.24) is 0 Å². The van der Waals surface area contributed by atoms with Gasteiger partial charge in [-0.15, -0.1) is 0 Å². The van der Waals surface area contributed by atoms with Crippen LogP contribution in [-0.4, -0.2) is 6.29 Å². The van der Waals surface area contributed by atoms with Gasteiger partial charge in [0, 0.05) is 5.56 Å². The fourth-order valence-electron chi connectivity index (χ4n) is 2.14. The summed E-state index contributed by atoms with van der Waals surface area (Å²) in [6.45, 7) is 5.70. The van der Waals surface area contributed by atoms with E-state index in [9.17, 15) is 4.79 Å². The number of ether oxygens (including phenoxy) is 1. The Bertz CT molecular complexity index is 688. The van der Waals surface area contributed by atoms with Crippen LogP contribution in [0.5, 0.6) is 11.5 Å². The number of rotatable bonds is 3. The predicted octanol–water partition coefficient (Wildman–Crippen LogP) is 4.09. The van der Waals surface area contributed by atoms with E-state index in [-0.39, 0.29) is 0 Å². The van der Waals surface area contributed by atoms with Crippen LogP contribution in [0.4, 0.5) is 0 Å². The van der Waals surface area contributed by atoms with Gasteiger partial charge in [0.2, 0.25) is 0 Å². The standard InChI is InChI=1S/C17H15NO2/c1-11-8-16(5-4-15(11)10-19)20-17-12(2)6-14(9-18)7-13(17)3/h4-8,10H,1-3H3. The Kier molecular flexibility index (Phi) is 3.86. The molecule has 0 aliphatic carbocycles. The maximum absolute atomic E-state index is 10.8. The fraction of sp³-hybridized carbons (Fsp3) is 0.176. The summed E-state index contributed by atoms with van der Waals surface area (Å²) in [4.78, 5) is 10.8. The second kappa shape index (κ2) is 5.58. The maximum atomic E-state index is 10.8. The molecule has 3 heteroatoms. The number of nitriles is 1. The number of nitrogens with zero attached hydrogens (tertiary/aromatic N) is 1.